The van der Waals surface area contributed by atoms with E-state index in [0.29, 0.717) is 24.0 Å². The lowest BCUT2D eigenvalue weighted by molar-refractivity contribution is -0.121. The van der Waals surface area contributed by atoms with E-state index in [-0.39, 0.29) is 11.9 Å². The molecule has 4 aromatic rings. The Kier molecular flexibility index (Phi) is 4.89. The maximum atomic E-state index is 12.5. The molecule has 1 aliphatic rings. The van der Waals surface area contributed by atoms with Crippen molar-refractivity contribution < 1.29 is 9.53 Å². The molecular formula is C23H24N6O2. The van der Waals surface area contributed by atoms with Crippen molar-refractivity contribution in [2.45, 2.75) is 32.2 Å². The predicted molar refractivity (Wildman–Crippen MR) is 119 cm³/mol. The van der Waals surface area contributed by atoms with Crippen LogP contribution >= 0.6 is 0 Å². The predicted octanol–water partition coefficient (Wildman–Crippen LogP) is 3.34. The van der Waals surface area contributed by atoms with E-state index in [9.17, 15) is 4.79 Å². The molecule has 158 valence electrons. The SMILES string of the molecule is COc1ccc(-c2nc3c4cccc(C)c4nc(N[C@H]4CCCCNC4=O)n3n2)cc1. The minimum atomic E-state index is -0.353. The fourth-order valence-corrected chi connectivity index (χ4v) is 3.96. The summed E-state index contributed by atoms with van der Waals surface area (Å²) in [6.07, 6.45) is 2.70. The third kappa shape index (κ3) is 3.54. The summed E-state index contributed by atoms with van der Waals surface area (Å²) in [6.45, 7) is 2.73. The maximum absolute atomic E-state index is 12.5. The largest absolute Gasteiger partial charge is 0.497 e. The van der Waals surface area contributed by atoms with Gasteiger partial charge in [-0.15, -0.1) is 5.10 Å². The molecule has 0 aliphatic carbocycles. The number of anilines is 1. The van der Waals surface area contributed by atoms with Crippen molar-refractivity contribution in [2.75, 3.05) is 19.0 Å². The van der Waals surface area contributed by atoms with E-state index in [0.717, 1.165) is 47.0 Å². The van der Waals surface area contributed by atoms with Crippen molar-refractivity contribution >= 4 is 28.4 Å². The number of hydrogen-bond donors (Lipinski definition) is 2. The van der Waals surface area contributed by atoms with Crippen LogP contribution in [-0.2, 0) is 4.79 Å². The Morgan fingerprint density at radius 1 is 1.13 bits per heavy atom. The second kappa shape index (κ2) is 7.86. The van der Waals surface area contributed by atoms with E-state index in [1.54, 1.807) is 11.6 Å². The fourth-order valence-electron chi connectivity index (χ4n) is 3.96. The van der Waals surface area contributed by atoms with Crippen LogP contribution in [0.25, 0.3) is 27.9 Å². The summed E-state index contributed by atoms with van der Waals surface area (Å²) in [7, 11) is 1.64. The van der Waals surface area contributed by atoms with E-state index < -0.39 is 0 Å². The molecule has 5 rings (SSSR count). The Bertz CT molecular complexity index is 1260. The summed E-state index contributed by atoms with van der Waals surface area (Å²) in [6, 6.07) is 13.3. The van der Waals surface area contributed by atoms with Crippen molar-refractivity contribution in [3.63, 3.8) is 0 Å². The normalized spacial score (nSPS) is 16.8. The van der Waals surface area contributed by atoms with Gasteiger partial charge in [-0.05, 0) is 62.1 Å². The van der Waals surface area contributed by atoms with Crippen molar-refractivity contribution in [3.05, 3.63) is 48.0 Å². The fraction of sp³-hybridized carbons (Fsp3) is 0.304. The van der Waals surface area contributed by atoms with Gasteiger partial charge < -0.3 is 15.4 Å². The van der Waals surface area contributed by atoms with Gasteiger partial charge in [0.05, 0.1) is 12.6 Å². The van der Waals surface area contributed by atoms with E-state index >= 15 is 0 Å². The molecule has 0 unspecified atom stereocenters. The summed E-state index contributed by atoms with van der Waals surface area (Å²) in [4.78, 5) is 22.2. The standard InChI is InChI=1S/C23H24N6O2/c1-14-6-5-7-17-19(14)26-23(25-18-8-3-4-13-24-22(18)30)29-21(17)27-20(28-29)15-9-11-16(31-2)12-10-15/h5-7,9-12,18H,3-4,8,13H2,1-2H3,(H,24,30)(H,25,26)/t18-/m0/s1. The smallest absolute Gasteiger partial charge is 0.242 e. The highest BCUT2D eigenvalue weighted by Gasteiger charge is 2.23. The number of amides is 1. The van der Waals surface area contributed by atoms with E-state index in [4.69, 9.17) is 19.8 Å². The highest BCUT2D eigenvalue weighted by molar-refractivity contribution is 5.95. The van der Waals surface area contributed by atoms with Crippen LogP contribution in [0.2, 0.25) is 0 Å². The third-order valence-corrected chi connectivity index (χ3v) is 5.69. The Hall–Kier alpha value is -3.68. The summed E-state index contributed by atoms with van der Waals surface area (Å²) in [5.41, 5.74) is 3.47. The molecule has 1 amide bonds. The molecule has 2 aromatic heterocycles. The molecule has 2 aromatic carbocycles. The number of ether oxygens (including phenoxy) is 1. The van der Waals surface area contributed by atoms with Crippen LogP contribution in [0.3, 0.4) is 0 Å². The summed E-state index contributed by atoms with van der Waals surface area (Å²) in [5, 5.41) is 12.0. The molecule has 0 saturated carbocycles. The van der Waals surface area contributed by atoms with E-state index in [1.807, 2.05) is 49.4 Å². The van der Waals surface area contributed by atoms with Gasteiger partial charge in [0.1, 0.15) is 11.8 Å². The lowest BCUT2D eigenvalue weighted by Crippen LogP contribution is -2.38. The first-order valence-corrected chi connectivity index (χ1v) is 10.5. The first-order valence-electron chi connectivity index (χ1n) is 10.5. The topological polar surface area (TPSA) is 93.4 Å². The van der Waals surface area contributed by atoms with Crippen LogP contribution < -0.4 is 15.4 Å². The zero-order chi connectivity index (χ0) is 21.4. The molecule has 8 heteroatoms. The number of carbonyl (C=O) groups excluding carboxylic acids is 1. The summed E-state index contributed by atoms with van der Waals surface area (Å²) >= 11 is 0. The van der Waals surface area contributed by atoms with Crippen molar-refractivity contribution in [1.29, 1.82) is 0 Å². The lowest BCUT2D eigenvalue weighted by atomic mass is 10.1. The molecule has 1 saturated heterocycles. The molecule has 2 N–H and O–H groups in total. The summed E-state index contributed by atoms with van der Waals surface area (Å²) < 4.78 is 6.96. The molecular weight excluding hydrogens is 392 g/mol. The number of aromatic nitrogens is 4. The van der Waals surface area contributed by atoms with Gasteiger partial charge in [0.15, 0.2) is 11.5 Å². The van der Waals surface area contributed by atoms with Gasteiger partial charge in [-0.3, -0.25) is 4.79 Å². The molecule has 1 atom stereocenters. The quantitative estimate of drug-likeness (QED) is 0.530. The second-order valence-electron chi connectivity index (χ2n) is 7.79. The molecule has 1 aliphatic heterocycles. The van der Waals surface area contributed by atoms with Gasteiger partial charge in [-0.2, -0.15) is 4.52 Å². The van der Waals surface area contributed by atoms with Crippen LogP contribution in [0.4, 0.5) is 5.95 Å². The molecule has 1 fully saturated rings. The Morgan fingerprint density at radius 3 is 2.77 bits per heavy atom. The number of nitrogens with one attached hydrogen (secondary N) is 2. The molecule has 3 heterocycles. The number of fused-ring (bicyclic) bond motifs is 3. The third-order valence-electron chi connectivity index (χ3n) is 5.69. The van der Waals surface area contributed by atoms with Crippen LogP contribution in [0.15, 0.2) is 42.5 Å². The highest BCUT2D eigenvalue weighted by atomic mass is 16.5. The number of para-hydroxylation sites is 1. The van der Waals surface area contributed by atoms with Crippen molar-refractivity contribution in [1.82, 2.24) is 24.9 Å². The van der Waals surface area contributed by atoms with E-state index in [2.05, 4.69) is 10.6 Å². The zero-order valence-electron chi connectivity index (χ0n) is 17.6. The highest BCUT2D eigenvalue weighted by Crippen LogP contribution is 2.27. The number of aryl methyl sites for hydroxylation is 1. The molecule has 0 spiro atoms. The minimum Gasteiger partial charge on any atom is -0.497 e. The molecule has 8 nitrogen and oxygen atoms in total. The Balaban J connectivity index is 1.66. The Morgan fingerprint density at radius 2 is 1.97 bits per heavy atom. The average Bonchev–Trinajstić information content (AvgIpc) is 3.15. The summed E-state index contributed by atoms with van der Waals surface area (Å²) in [5.74, 6) is 1.88. The minimum absolute atomic E-state index is 0.00664. The number of nitrogens with zero attached hydrogens (tertiary/aromatic N) is 4. The number of carbonyl (C=O) groups is 1. The number of methoxy groups -OCH3 is 1. The number of rotatable bonds is 4. The monoisotopic (exact) mass is 416 g/mol. The van der Waals surface area contributed by atoms with Gasteiger partial charge in [0, 0.05) is 17.5 Å². The average molecular weight is 416 g/mol. The van der Waals surface area contributed by atoms with Crippen molar-refractivity contribution in [2.24, 2.45) is 0 Å². The van der Waals surface area contributed by atoms with Gasteiger partial charge in [-0.1, -0.05) is 12.1 Å². The van der Waals surface area contributed by atoms with Crippen LogP contribution in [0.1, 0.15) is 24.8 Å². The molecule has 0 bridgehead atoms. The first kappa shape index (κ1) is 19.3. The number of benzene rings is 2. The molecule has 31 heavy (non-hydrogen) atoms. The van der Waals surface area contributed by atoms with E-state index in [1.165, 1.54) is 0 Å². The van der Waals surface area contributed by atoms with Gasteiger partial charge >= 0.3 is 0 Å². The van der Waals surface area contributed by atoms with Gasteiger partial charge in [0.2, 0.25) is 11.9 Å². The first-order chi connectivity index (χ1) is 15.1. The van der Waals surface area contributed by atoms with Crippen LogP contribution in [-0.4, -0.2) is 45.2 Å². The second-order valence-corrected chi connectivity index (χ2v) is 7.79. The lowest BCUT2D eigenvalue weighted by Gasteiger charge is -2.17. The molecule has 0 radical (unpaired) electrons. The maximum Gasteiger partial charge on any atom is 0.242 e. The van der Waals surface area contributed by atoms with Gasteiger partial charge in [0.25, 0.3) is 0 Å². The zero-order valence-corrected chi connectivity index (χ0v) is 17.6. The van der Waals surface area contributed by atoms with Crippen molar-refractivity contribution in [3.8, 4) is 17.1 Å². The van der Waals surface area contributed by atoms with Crippen LogP contribution in [0, 0.1) is 6.92 Å². The Labute approximate surface area is 179 Å². The van der Waals surface area contributed by atoms with Crippen LogP contribution in [0.5, 0.6) is 5.75 Å². The van der Waals surface area contributed by atoms with Gasteiger partial charge in [-0.25, -0.2) is 9.97 Å². The number of hydrogen-bond acceptors (Lipinski definition) is 6.